The van der Waals surface area contributed by atoms with Crippen LogP contribution in [0.3, 0.4) is 0 Å². The molecule has 0 aliphatic carbocycles. The van der Waals surface area contributed by atoms with Gasteiger partial charge in [0.2, 0.25) is 0 Å². The van der Waals surface area contributed by atoms with Crippen LogP contribution in [0.5, 0.6) is 0 Å². The summed E-state index contributed by atoms with van der Waals surface area (Å²) in [6.45, 7) is 7.79. The van der Waals surface area contributed by atoms with Crippen molar-refractivity contribution in [2.45, 2.75) is 71.3 Å². The molecule has 0 aliphatic rings. The highest BCUT2D eigenvalue weighted by Gasteiger charge is 2.31. The molecule has 122 valence electrons. The molecule has 0 atom stereocenters. The molecule has 4 nitrogen and oxygen atoms in total. The van der Waals surface area contributed by atoms with Gasteiger partial charge in [-0.2, -0.15) is 0 Å². The second kappa shape index (κ2) is 14.2. The lowest BCUT2D eigenvalue weighted by Crippen LogP contribution is -2.39. The first kappa shape index (κ1) is 20.3. The summed E-state index contributed by atoms with van der Waals surface area (Å²) in [6.07, 6.45) is 7.08. The van der Waals surface area contributed by atoms with Crippen molar-refractivity contribution < 1.29 is 18.3 Å². The summed E-state index contributed by atoms with van der Waals surface area (Å²) in [7, 11) is 0.766. The molecule has 0 saturated heterocycles. The minimum absolute atomic E-state index is 0.159. The minimum Gasteiger partial charge on any atom is -0.468 e. The fourth-order valence-electron chi connectivity index (χ4n) is 2.30. The van der Waals surface area contributed by atoms with Gasteiger partial charge in [-0.05, 0) is 33.2 Å². The van der Waals surface area contributed by atoms with Crippen LogP contribution in [0.1, 0.15) is 59.3 Å². The van der Waals surface area contributed by atoms with Crippen LogP contribution in [0, 0.1) is 0 Å². The topological polar surface area (TPSA) is 36.9 Å². The second-order valence-corrected chi connectivity index (χ2v) is 8.27. The average Bonchev–Trinajstić information content (AvgIpc) is 2.43. The van der Waals surface area contributed by atoms with Crippen LogP contribution in [-0.2, 0) is 18.3 Å². The molecule has 0 aromatic heterocycles. The van der Waals surface area contributed by atoms with E-state index in [4.69, 9.17) is 18.3 Å². The van der Waals surface area contributed by atoms with Gasteiger partial charge >= 0.3 is 0 Å². The van der Waals surface area contributed by atoms with Crippen molar-refractivity contribution in [2.75, 3.05) is 19.8 Å². The summed E-state index contributed by atoms with van der Waals surface area (Å²) < 4.78 is 22.5. The Kier molecular flexibility index (Phi) is 14.4. The van der Waals surface area contributed by atoms with Gasteiger partial charge in [-0.3, -0.25) is 0 Å². The molecule has 0 unspecified atom stereocenters. The van der Waals surface area contributed by atoms with Gasteiger partial charge < -0.3 is 18.3 Å². The Labute approximate surface area is 130 Å². The van der Waals surface area contributed by atoms with Gasteiger partial charge in [0.15, 0.2) is 0 Å². The first-order chi connectivity index (χ1) is 9.74. The van der Waals surface area contributed by atoms with Crippen molar-refractivity contribution in [1.82, 2.24) is 0 Å². The van der Waals surface area contributed by atoms with E-state index in [9.17, 15) is 0 Å². The van der Waals surface area contributed by atoms with Gasteiger partial charge in [-0.1, -0.05) is 25.7 Å². The maximum atomic E-state index is 5.72. The van der Waals surface area contributed by atoms with E-state index < -0.39 is 5.97 Å². The standard InChI is InChI=1S/C14H34O4Si2/c1-4-15-14(16-5-2,17-6-3)12-10-8-7-9-11-13-20-18-19/h4-13,20H2,1-3,19H3. The molecule has 6 heteroatoms. The molecular formula is C14H34O4Si2. The van der Waals surface area contributed by atoms with Crippen LogP contribution >= 0.6 is 0 Å². The lowest BCUT2D eigenvalue weighted by Gasteiger charge is -2.32. The summed E-state index contributed by atoms with van der Waals surface area (Å²) in [6, 6.07) is 1.34. The van der Waals surface area contributed by atoms with Crippen LogP contribution in [0.25, 0.3) is 0 Å². The predicted molar refractivity (Wildman–Crippen MR) is 89.7 cm³/mol. The highest BCUT2D eigenvalue weighted by molar-refractivity contribution is 6.34. The Hall–Kier alpha value is 0.274. The third-order valence-electron chi connectivity index (χ3n) is 3.17. The molecule has 0 fully saturated rings. The molecule has 0 radical (unpaired) electrons. The van der Waals surface area contributed by atoms with E-state index in [1.165, 1.54) is 31.7 Å². The molecule has 0 aromatic carbocycles. The van der Waals surface area contributed by atoms with Crippen LogP contribution in [0.4, 0.5) is 0 Å². The Balaban J connectivity index is 3.82. The van der Waals surface area contributed by atoms with E-state index >= 15 is 0 Å². The van der Waals surface area contributed by atoms with E-state index in [-0.39, 0.29) is 9.76 Å². The lowest BCUT2D eigenvalue weighted by molar-refractivity contribution is -0.380. The molecule has 0 spiro atoms. The molecule has 0 heterocycles. The van der Waals surface area contributed by atoms with E-state index in [1.807, 2.05) is 20.8 Å². The third-order valence-corrected chi connectivity index (χ3v) is 5.60. The zero-order valence-corrected chi connectivity index (χ0v) is 17.3. The Bertz CT molecular complexity index is 189. The maximum Gasteiger partial charge on any atom is 0.282 e. The van der Waals surface area contributed by atoms with Crippen molar-refractivity contribution in [3.8, 4) is 0 Å². The first-order valence-corrected chi connectivity index (χ1v) is 10.5. The van der Waals surface area contributed by atoms with Crippen LogP contribution < -0.4 is 0 Å². The summed E-state index contributed by atoms with van der Waals surface area (Å²) in [5.41, 5.74) is 0. The van der Waals surface area contributed by atoms with Gasteiger partial charge in [0.1, 0.15) is 20.2 Å². The molecule has 20 heavy (non-hydrogen) atoms. The Morgan fingerprint density at radius 2 is 1.30 bits per heavy atom. The fourth-order valence-corrected chi connectivity index (χ4v) is 4.01. The van der Waals surface area contributed by atoms with Crippen molar-refractivity contribution in [3.05, 3.63) is 0 Å². The maximum absolute atomic E-state index is 5.72. The smallest absolute Gasteiger partial charge is 0.282 e. The third kappa shape index (κ3) is 10.1. The monoisotopic (exact) mass is 322 g/mol. The quantitative estimate of drug-likeness (QED) is 0.262. The SMILES string of the molecule is CCOC(CCCCCCC[SiH2]O[SiH3])(OCC)OCC. The van der Waals surface area contributed by atoms with Crippen molar-refractivity contribution in [3.63, 3.8) is 0 Å². The molecule has 0 aliphatic heterocycles. The van der Waals surface area contributed by atoms with E-state index in [0.29, 0.717) is 19.8 Å². The van der Waals surface area contributed by atoms with Gasteiger partial charge in [-0.25, -0.2) is 0 Å². The summed E-state index contributed by atoms with van der Waals surface area (Å²) in [4.78, 5) is 0. The molecule has 0 aromatic rings. The Morgan fingerprint density at radius 3 is 1.80 bits per heavy atom. The zero-order valence-electron chi connectivity index (χ0n) is 13.9. The molecule has 0 rings (SSSR count). The molecule has 0 N–H and O–H groups in total. The lowest BCUT2D eigenvalue weighted by atomic mass is 10.1. The zero-order chi connectivity index (χ0) is 15.1. The van der Waals surface area contributed by atoms with E-state index in [1.54, 1.807) is 0 Å². The number of rotatable bonds is 15. The summed E-state index contributed by atoms with van der Waals surface area (Å²) in [5, 5.41) is 0. The van der Waals surface area contributed by atoms with Crippen LogP contribution in [0.2, 0.25) is 6.04 Å². The summed E-state index contributed by atoms with van der Waals surface area (Å²) >= 11 is 0. The predicted octanol–water partition coefficient (Wildman–Crippen LogP) is 1.89. The second-order valence-electron chi connectivity index (χ2n) is 4.85. The molecule has 0 bridgehead atoms. The van der Waals surface area contributed by atoms with Crippen molar-refractivity contribution in [2.24, 2.45) is 0 Å². The van der Waals surface area contributed by atoms with E-state index in [2.05, 4.69) is 0 Å². The highest BCUT2D eigenvalue weighted by atomic mass is 28.3. The first-order valence-electron chi connectivity index (χ1n) is 8.15. The number of hydrogen-bond donors (Lipinski definition) is 0. The largest absolute Gasteiger partial charge is 0.468 e. The van der Waals surface area contributed by atoms with Crippen molar-refractivity contribution >= 4 is 20.2 Å². The molecular weight excluding hydrogens is 288 g/mol. The number of unbranched alkanes of at least 4 members (excludes halogenated alkanes) is 4. The van der Waals surface area contributed by atoms with Gasteiger partial charge in [0, 0.05) is 26.2 Å². The van der Waals surface area contributed by atoms with Gasteiger partial charge in [0.05, 0.1) is 0 Å². The number of hydrogen-bond acceptors (Lipinski definition) is 4. The van der Waals surface area contributed by atoms with Gasteiger partial charge in [-0.15, -0.1) is 0 Å². The van der Waals surface area contributed by atoms with Crippen LogP contribution in [-0.4, -0.2) is 46.0 Å². The Morgan fingerprint density at radius 1 is 0.800 bits per heavy atom. The molecule has 0 saturated carbocycles. The average molecular weight is 323 g/mol. The minimum atomic E-state index is -0.814. The summed E-state index contributed by atoms with van der Waals surface area (Å²) in [5.74, 6) is -0.814. The fraction of sp³-hybridized carbons (Fsp3) is 1.00. The molecule has 0 amide bonds. The normalized spacial score (nSPS) is 12.8. The number of ether oxygens (including phenoxy) is 3. The van der Waals surface area contributed by atoms with Crippen molar-refractivity contribution in [1.29, 1.82) is 0 Å². The van der Waals surface area contributed by atoms with E-state index in [0.717, 1.165) is 23.3 Å². The van der Waals surface area contributed by atoms with Gasteiger partial charge in [0.25, 0.3) is 5.97 Å². The highest BCUT2D eigenvalue weighted by Crippen LogP contribution is 2.24. The van der Waals surface area contributed by atoms with Crippen LogP contribution in [0.15, 0.2) is 0 Å².